The summed E-state index contributed by atoms with van der Waals surface area (Å²) in [5, 5.41) is 3.37. The predicted molar refractivity (Wildman–Crippen MR) is 117 cm³/mol. The standard InChI is InChI=1S/C25H27N3O/c1-19-7-5-6-10-24(19)27-23-16-22(17-26-18-23)25(29)28-13-11-21(12-14-28)15-20-8-3-2-4-9-20/h2-10,16-18,21,27H,11-15H2,1H3. The van der Waals surface area contributed by atoms with Gasteiger partial charge >= 0.3 is 0 Å². The van der Waals surface area contributed by atoms with Crippen LogP contribution in [0, 0.1) is 12.8 Å². The summed E-state index contributed by atoms with van der Waals surface area (Å²) in [6.45, 7) is 3.68. The highest BCUT2D eigenvalue weighted by molar-refractivity contribution is 5.95. The van der Waals surface area contributed by atoms with Gasteiger partial charge in [0.2, 0.25) is 0 Å². The number of likely N-dealkylation sites (tertiary alicyclic amines) is 1. The molecule has 1 saturated heterocycles. The number of carbonyl (C=O) groups is 1. The van der Waals surface area contributed by atoms with Crippen LogP contribution in [-0.2, 0) is 6.42 Å². The summed E-state index contributed by atoms with van der Waals surface area (Å²) in [5.74, 6) is 0.720. The zero-order valence-electron chi connectivity index (χ0n) is 16.8. The van der Waals surface area contributed by atoms with Crippen LogP contribution in [0.4, 0.5) is 11.4 Å². The molecule has 1 fully saturated rings. The molecule has 0 atom stereocenters. The number of nitrogens with zero attached hydrogens (tertiary/aromatic N) is 2. The molecule has 4 rings (SSSR count). The number of rotatable bonds is 5. The number of piperidine rings is 1. The maximum Gasteiger partial charge on any atom is 0.255 e. The SMILES string of the molecule is Cc1ccccc1Nc1cncc(C(=O)N2CCC(Cc3ccccc3)CC2)c1. The molecule has 0 unspecified atom stereocenters. The molecular weight excluding hydrogens is 358 g/mol. The molecule has 4 heteroatoms. The quantitative estimate of drug-likeness (QED) is 0.654. The molecule has 2 heterocycles. The first-order valence-corrected chi connectivity index (χ1v) is 10.3. The minimum atomic E-state index is 0.0732. The van der Waals surface area contributed by atoms with E-state index in [0.29, 0.717) is 11.5 Å². The fraction of sp³-hybridized carbons (Fsp3) is 0.280. The lowest BCUT2D eigenvalue weighted by Crippen LogP contribution is -2.39. The molecule has 3 aromatic rings. The van der Waals surface area contributed by atoms with E-state index in [1.165, 1.54) is 5.56 Å². The number of amides is 1. The highest BCUT2D eigenvalue weighted by Crippen LogP contribution is 2.24. The van der Waals surface area contributed by atoms with Crippen LogP contribution in [0.2, 0.25) is 0 Å². The van der Waals surface area contributed by atoms with Crippen molar-refractivity contribution < 1.29 is 4.79 Å². The Labute approximate surface area is 172 Å². The number of carbonyl (C=O) groups excluding carboxylic acids is 1. The predicted octanol–water partition coefficient (Wildman–Crippen LogP) is 5.23. The molecule has 148 valence electrons. The number of benzene rings is 2. The number of para-hydroxylation sites is 1. The molecule has 0 spiro atoms. The number of aryl methyl sites for hydroxylation is 1. The topological polar surface area (TPSA) is 45.2 Å². The van der Waals surface area contributed by atoms with E-state index < -0.39 is 0 Å². The molecular formula is C25H27N3O. The van der Waals surface area contributed by atoms with E-state index in [1.807, 2.05) is 29.2 Å². The Morgan fingerprint density at radius 3 is 2.52 bits per heavy atom. The third kappa shape index (κ3) is 4.83. The molecule has 1 amide bonds. The maximum absolute atomic E-state index is 13.0. The number of hydrogen-bond acceptors (Lipinski definition) is 3. The summed E-state index contributed by atoms with van der Waals surface area (Å²) in [4.78, 5) is 19.2. The van der Waals surface area contributed by atoms with Gasteiger partial charge in [0.1, 0.15) is 0 Å². The normalized spacial score (nSPS) is 14.6. The van der Waals surface area contributed by atoms with Crippen LogP contribution in [0.15, 0.2) is 73.1 Å². The average molecular weight is 386 g/mol. The minimum absolute atomic E-state index is 0.0732. The monoisotopic (exact) mass is 385 g/mol. The van der Waals surface area contributed by atoms with Crippen LogP contribution in [0.5, 0.6) is 0 Å². The lowest BCUT2D eigenvalue weighted by atomic mass is 9.90. The van der Waals surface area contributed by atoms with Gasteiger partial charge in [-0.05, 0) is 55.4 Å². The second kappa shape index (κ2) is 8.91. The molecule has 29 heavy (non-hydrogen) atoms. The second-order valence-electron chi connectivity index (χ2n) is 7.83. The van der Waals surface area contributed by atoms with Gasteiger partial charge in [-0.15, -0.1) is 0 Å². The van der Waals surface area contributed by atoms with Crippen LogP contribution in [0.1, 0.15) is 34.3 Å². The van der Waals surface area contributed by atoms with Gasteiger partial charge in [0.05, 0.1) is 17.4 Å². The van der Waals surface area contributed by atoms with Gasteiger partial charge in [-0.25, -0.2) is 0 Å². The van der Waals surface area contributed by atoms with Crippen LogP contribution in [-0.4, -0.2) is 28.9 Å². The third-order valence-electron chi connectivity index (χ3n) is 5.68. The van der Waals surface area contributed by atoms with E-state index >= 15 is 0 Å². The number of nitrogens with one attached hydrogen (secondary N) is 1. The van der Waals surface area contributed by atoms with Crippen LogP contribution >= 0.6 is 0 Å². The zero-order valence-corrected chi connectivity index (χ0v) is 16.8. The number of pyridine rings is 1. The maximum atomic E-state index is 13.0. The van der Waals surface area contributed by atoms with Gasteiger partial charge in [-0.1, -0.05) is 48.5 Å². The van der Waals surface area contributed by atoms with Crippen molar-refractivity contribution in [3.8, 4) is 0 Å². The van der Waals surface area contributed by atoms with E-state index in [2.05, 4.69) is 53.6 Å². The van der Waals surface area contributed by atoms with Crippen molar-refractivity contribution in [2.75, 3.05) is 18.4 Å². The molecule has 4 nitrogen and oxygen atoms in total. The van der Waals surface area contributed by atoms with Crippen molar-refractivity contribution >= 4 is 17.3 Å². The van der Waals surface area contributed by atoms with Gasteiger partial charge < -0.3 is 10.2 Å². The number of anilines is 2. The van der Waals surface area contributed by atoms with E-state index in [9.17, 15) is 4.79 Å². The Morgan fingerprint density at radius 1 is 1.03 bits per heavy atom. The molecule has 1 N–H and O–H groups in total. The Kier molecular flexibility index (Phi) is 5.89. The summed E-state index contributed by atoms with van der Waals surface area (Å²) in [5.41, 5.74) is 5.05. The van der Waals surface area contributed by atoms with E-state index in [4.69, 9.17) is 0 Å². The fourth-order valence-electron chi connectivity index (χ4n) is 3.96. The molecule has 1 aromatic heterocycles. The van der Waals surface area contributed by atoms with Crippen molar-refractivity contribution in [1.82, 2.24) is 9.88 Å². The van der Waals surface area contributed by atoms with Gasteiger partial charge in [0.15, 0.2) is 0 Å². The lowest BCUT2D eigenvalue weighted by molar-refractivity contribution is 0.0690. The van der Waals surface area contributed by atoms with Crippen LogP contribution < -0.4 is 5.32 Å². The van der Waals surface area contributed by atoms with Crippen molar-refractivity contribution in [3.63, 3.8) is 0 Å². The van der Waals surface area contributed by atoms with Crippen molar-refractivity contribution in [1.29, 1.82) is 0 Å². The van der Waals surface area contributed by atoms with E-state index in [0.717, 1.165) is 49.3 Å². The molecule has 1 aliphatic rings. The Hall–Kier alpha value is -3.14. The van der Waals surface area contributed by atoms with Crippen molar-refractivity contribution in [2.45, 2.75) is 26.2 Å². The van der Waals surface area contributed by atoms with Crippen LogP contribution in [0.3, 0.4) is 0 Å². The first-order chi connectivity index (χ1) is 14.2. The molecule has 0 saturated carbocycles. The lowest BCUT2D eigenvalue weighted by Gasteiger charge is -2.32. The van der Waals surface area contributed by atoms with Gasteiger partial charge in [0.25, 0.3) is 5.91 Å². The third-order valence-corrected chi connectivity index (χ3v) is 5.68. The number of aromatic nitrogens is 1. The average Bonchev–Trinajstić information content (AvgIpc) is 2.76. The van der Waals surface area contributed by atoms with Crippen molar-refractivity contribution in [3.05, 3.63) is 89.7 Å². The smallest absolute Gasteiger partial charge is 0.255 e. The van der Waals surface area contributed by atoms with Gasteiger partial charge in [-0.2, -0.15) is 0 Å². The molecule has 1 aliphatic heterocycles. The highest BCUT2D eigenvalue weighted by Gasteiger charge is 2.24. The second-order valence-corrected chi connectivity index (χ2v) is 7.83. The first-order valence-electron chi connectivity index (χ1n) is 10.3. The number of hydrogen-bond donors (Lipinski definition) is 1. The Balaban J connectivity index is 1.37. The summed E-state index contributed by atoms with van der Waals surface area (Å²) >= 11 is 0. The van der Waals surface area contributed by atoms with Gasteiger partial charge in [0, 0.05) is 25.0 Å². The summed E-state index contributed by atoms with van der Waals surface area (Å²) in [6.07, 6.45) is 6.63. The Bertz CT molecular complexity index is 963. The van der Waals surface area contributed by atoms with E-state index in [-0.39, 0.29) is 5.91 Å². The molecule has 2 aromatic carbocycles. The summed E-state index contributed by atoms with van der Waals surface area (Å²) in [7, 11) is 0. The first kappa shape index (κ1) is 19.2. The molecule has 0 aliphatic carbocycles. The summed E-state index contributed by atoms with van der Waals surface area (Å²) < 4.78 is 0. The highest BCUT2D eigenvalue weighted by atomic mass is 16.2. The van der Waals surface area contributed by atoms with Crippen LogP contribution in [0.25, 0.3) is 0 Å². The molecule has 0 bridgehead atoms. The fourth-order valence-corrected chi connectivity index (χ4v) is 3.96. The zero-order chi connectivity index (χ0) is 20.1. The minimum Gasteiger partial charge on any atom is -0.354 e. The molecule has 0 radical (unpaired) electrons. The van der Waals surface area contributed by atoms with Crippen molar-refractivity contribution in [2.24, 2.45) is 5.92 Å². The largest absolute Gasteiger partial charge is 0.354 e. The van der Waals surface area contributed by atoms with E-state index in [1.54, 1.807) is 12.4 Å². The van der Waals surface area contributed by atoms with Gasteiger partial charge in [-0.3, -0.25) is 9.78 Å². The Morgan fingerprint density at radius 2 is 1.76 bits per heavy atom. The summed E-state index contributed by atoms with van der Waals surface area (Å²) in [6, 6.07) is 20.6.